The van der Waals surface area contributed by atoms with Crippen LogP contribution in [-0.2, 0) is 6.42 Å². The van der Waals surface area contributed by atoms with E-state index in [-0.39, 0.29) is 19.0 Å². The third kappa shape index (κ3) is 2.36. The molecule has 2 heterocycles. The van der Waals surface area contributed by atoms with Crippen LogP contribution in [0.25, 0.3) is 0 Å². The molecular weight excluding hydrogens is 238 g/mol. The number of hydrogen-bond acceptors (Lipinski definition) is 4. The second-order valence-electron chi connectivity index (χ2n) is 4.42. The smallest absolute Gasteiger partial charge is 0.264 e. The van der Waals surface area contributed by atoms with Crippen LogP contribution in [0, 0.1) is 6.92 Å². The highest BCUT2D eigenvalue weighted by molar-refractivity contribution is 7.14. The summed E-state index contributed by atoms with van der Waals surface area (Å²) in [6, 6.07) is 1.89. The van der Waals surface area contributed by atoms with Gasteiger partial charge < -0.3 is 15.1 Å². The molecule has 5 heteroatoms. The zero-order valence-corrected chi connectivity index (χ0v) is 10.8. The highest BCUT2D eigenvalue weighted by Gasteiger charge is 2.33. The highest BCUT2D eigenvalue weighted by atomic mass is 32.1. The number of likely N-dealkylation sites (tertiary alicyclic amines) is 1. The van der Waals surface area contributed by atoms with Gasteiger partial charge in [-0.15, -0.1) is 11.3 Å². The van der Waals surface area contributed by atoms with Gasteiger partial charge in [-0.05, 0) is 25.0 Å². The van der Waals surface area contributed by atoms with Crippen molar-refractivity contribution >= 4 is 17.2 Å². The van der Waals surface area contributed by atoms with E-state index in [1.807, 2.05) is 13.0 Å². The molecule has 1 aliphatic rings. The predicted molar refractivity (Wildman–Crippen MR) is 66.4 cm³/mol. The lowest BCUT2D eigenvalue weighted by molar-refractivity contribution is 0.0572. The first-order valence-electron chi connectivity index (χ1n) is 5.77. The van der Waals surface area contributed by atoms with E-state index in [0.717, 1.165) is 12.0 Å². The highest BCUT2D eigenvalue weighted by Crippen LogP contribution is 2.25. The van der Waals surface area contributed by atoms with E-state index >= 15 is 0 Å². The third-order valence-electron chi connectivity index (χ3n) is 3.10. The Bertz CT molecular complexity index is 419. The molecule has 1 aliphatic heterocycles. The molecule has 0 aliphatic carbocycles. The summed E-state index contributed by atoms with van der Waals surface area (Å²) in [5.74, 6) is -0.0894. The van der Waals surface area contributed by atoms with Gasteiger partial charge in [0, 0.05) is 18.0 Å². The first-order chi connectivity index (χ1) is 8.02. The van der Waals surface area contributed by atoms with Gasteiger partial charge in [-0.3, -0.25) is 4.79 Å². The molecule has 2 N–H and O–H groups in total. The topological polar surface area (TPSA) is 60.8 Å². The normalized spacial score (nSPS) is 24.4. The maximum absolute atomic E-state index is 12.1. The largest absolute Gasteiger partial charge is 0.388 e. The van der Waals surface area contributed by atoms with Crippen LogP contribution in [0.1, 0.15) is 27.0 Å². The first kappa shape index (κ1) is 12.5. The lowest BCUT2D eigenvalue weighted by Crippen LogP contribution is -2.29. The minimum atomic E-state index is -0.814. The van der Waals surface area contributed by atoms with Crippen molar-refractivity contribution in [2.45, 2.75) is 32.5 Å². The fourth-order valence-electron chi connectivity index (χ4n) is 2.07. The summed E-state index contributed by atoms with van der Waals surface area (Å²) in [4.78, 5) is 15.6. The molecule has 1 aromatic rings. The van der Waals surface area contributed by atoms with E-state index in [1.165, 1.54) is 21.1 Å². The van der Waals surface area contributed by atoms with E-state index in [1.54, 1.807) is 0 Å². The second-order valence-corrected chi connectivity index (χ2v) is 5.55. The minimum absolute atomic E-state index is 0.0894. The van der Waals surface area contributed by atoms with Gasteiger partial charge in [-0.1, -0.05) is 6.92 Å². The number of thiophene rings is 1. The molecule has 0 aromatic carbocycles. The van der Waals surface area contributed by atoms with E-state index in [2.05, 4.69) is 6.92 Å². The van der Waals surface area contributed by atoms with Gasteiger partial charge in [0.25, 0.3) is 5.91 Å². The molecule has 0 spiro atoms. The van der Waals surface area contributed by atoms with Crippen molar-refractivity contribution < 1.29 is 15.0 Å². The Morgan fingerprint density at radius 2 is 2.06 bits per heavy atom. The number of carbonyl (C=O) groups excluding carboxylic acids is 1. The molecule has 0 bridgehead atoms. The van der Waals surface area contributed by atoms with Crippen LogP contribution in [0.3, 0.4) is 0 Å². The second kappa shape index (κ2) is 4.76. The number of rotatable bonds is 2. The van der Waals surface area contributed by atoms with Gasteiger partial charge in [0.1, 0.15) is 0 Å². The molecule has 1 amide bonds. The lowest BCUT2D eigenvalue weighted by atomic mass is 10.2. The number of hydrogen-bond donors (Lipinski definition) is 2. The Balaban J connectivity index is 2.14. The van der Waals surface area contributed by atoms with Crippen LogP contribution in [0.15, 0.2) is 6.07 Å². The predicted octanol–water partition coefficient (Wildman–Crippen LogP) is 0.797. The van der Waals surface area contributed by atoms with Crippen molar-refractivity contribution in [3.8, 4) is 0 Å². The fourth-order valence-corrected chi connectivity index (χ4v) is 3.15. The summed E-state index contributed by atoms with van der Waals surface area (Å²) in [6.07, 6.45) is -0.703. The van der Waals surface area contributed by atoms with Crippen molar-refractivity contribution in [3.63, 3.8) is 0 Å². The quantitative estimate of drug-likeness (QED) is 0.821. The van der Waals surface area contributed by atoms with E-state index in [4.69, 9.17) is 0 Å². The maximum Gasteiger partial charge on any atom is 0.264 e. The van der Waals surface area contributed by atoms with Gasteiger partial charge in [0.05, 0.1) is 17.1 Å². The molecule has 1 aromatic heterocycles. The maximum atomic E-state index is 12.1. The SMILES string of the molecule is CCc1sc(C(=O)N2C[C@@H](O)[C@@H](O)C2)cc1C. The van der Waals surface area contributed by atoms with Crippen LogP contribution in [0.5, 0.6) is 0 Å². The van der Waals surface area contributed by atoms with Crippen molar-refractivity contribution in [1.29, 1.82) is 0 Å². The molecule has 17 heavy (non-hydrogen) atoms. The molecular formula is C12H17NO3S. The first-order valence-corrected chi connectivity index (χ1v) is 6.59. The number of β-amino-alcohol motifs (C(OH)–C–C–N with tert-alkyl or cyclic N) is 2. The standard InChI is InChI=1S/C12H17NO3S/c1-3-10-7(2)4-11(17-10)12(16)13-5-8(14)9(15)6-13/h4,8-9,14-15H,3,5-6H2,1-2H3/t8-,9+. The van der Waals surface area contributed by atoms with E-state index in [0.29, 0.717) is 4.88 Å². The molecule has 0 unspecified atom stereocenters. The molecule has 0 saturated carbocycles. The monoisotopic (exact) mass is 255 g/mol. The van der Waals surface area contributed by atoms with Crippen LogP contribution >= 0.6 is 11.3 Å². The Kier molecular flexibility index (Phi) is 3.51. The number of nitrogens with zero attached hydrogens (tertiary/aromatic N) is 1. The average molecular weight is 255 g/mol. The number of aliphatic hydroxyl groups is 2. The number of carbonyl (C=O) groups is 1. The summed E-state index contributed by atoms with van der Waals surface area (Å²) in [6.45, 7) is 4.51. The molecule has 2 rings (SSSR count). The molecule has 1 saturated heterocycles. The van der Waals surface area contributed by atoms with Gasteiger partial charge in [0.2, 0.25) is 0 Å². The van der Waals surface area contributed by atoms with Crippen LogP contribution in [0.2, 0.25) is 0 Å². The Hall–Kier alpha value is -0.910. The third-order valence-corrected chi connectivity index (χ3v) is 4.47. The molecule has 94 valence electrons. The van der Waals surface area contributed by atoms with Crippen LogP contribution in [0.4, 0.5) is 0 Å². The Morgan fingerprint density at radius 1 is 1.47 bits per heavy atom. The van der Waals surface area contributed by atoms with Gasteiger partial charge in [0.15, 0.2) is 0 Å². The number of amides is 1. The van der Waals surface area contributed by atoms with E-state index in [9.17, 15) is 15.0 Å². The van der Waals surface area contributed by atoms with Gasteiger partial charge >= 0.3 is 0 Å². The van der Waals surface area contributed by atoms with Crippen LogP contribution < -0.4 is 0 Å². The van der Waals surface area contributed by atoms with Gasteiger partial charge in [-0.25, -0.2) is 0 Å². The summed E-state index contributed by atoms with van der Waals surface area (Å²) in [7, 11) is 0. The number of aryl methyl sites for hydroxylation is 2. The molecule has 0 radical (unpaired) electrons. The van der Waals surface area contributed by atoms with Crippen molar-refractivity contribution in [2.24, 2.45) is 0 Å². The zero-order chi connectivity index (χ0) is 12.6. The van der Waals surface area contributed by atoms with Crippen LogP contribution in [-0.4, -0.2) is 46.3 Å². The lowest BCUT2D eigenvalue weighted by Gasteiger charge is -2.13. The molecule has 2 atom stereocenters. The van der Waals surface area contributed by atoms with E-state index < -0.39 is 12.2 Å². The van der Waals surface area contributed by atoms with Gasteiger partial charge in [-0.2, -0.15) is 0 Å². The number of aliphatic hydroxyl groups excluding tert-OH is 2. The Morgan fingerprint density at radius 3 is 2.53 bits per heavy atom. The van der Waals surface area contributed by atoms with Crippen molar-refractivity contribution in [2.75, 3.05) is 13.1 Å². The molecule has 1 fully saturated rings. The zero-order valence-electron chi connectivity index (χ0n) is 10.0. The van der Waals surface area contributed by atoms with Crippen molar-refractivity contribution in [3.05, 3.63) is 21.4 Å². The summed E-state index contributed by atoms with van der Waals surface area (Å²) in [5, 5.41) is 18.9. The Labute approximate surface area is 104 Å². The minimum Gasteiger partial charge on any atom is -0.388 e. The summed E-state index contributed by atoms with van der Waals surface area (Å²) < 4.78 is 0. The fraction of sp³-hybridized carbons (Fsp3) is 0.583. The molecule has 4 nitrogen and oxygen atoms in total. The summed E-state index contributed by atoms with van der Waals surface area (Å²) >= 11 is 1.50. The summed E-state index contributed by atoms with van der Waals surface area (Å²) in [5.41, 5.74) is 1.14. The van der Waals surface area contributed by atoms with Crippen molar-refractivity contribution in [1.82, 2.24) is 4.90 Å². The average Bonchev–Trinajstić information content (AvgIpc) is 2.82.